The molecule has 0 spiro atoms. The summed E-state index contributed by atoms with van der Waals surface area (Å²) in [6.45, 7) is 1.90. The minimum absolute atomic E-state index is 0.0444. The molecule has 78 valence electrons. The summed E-state index contributed by atoms with van der Waals surface area (Å²) in [5.74, 6) is -0.206. The van der Waals surface area contributed by atoms with Crippen molar-refractivity contribution in [3.8, 4) is 0 Å². The highest BCUT2D eigenvalue weighted by atomic mass is 16.3. The molecule has 0 radical (unpaired) electrons. The average Bonchev–Trinajstić information content (AvgIpc) is 2.52. The van der Waals surface area contributed by atoms with Crippen molar-refractivity contribution in [2.45, 2.75) is 19.4 Å². The molecule has 0 saturated heterocycles. The number of H-pyrrole nitrogens is 1. The Morgan fingerprint density at radius 1 is 1.79 bits per heavy atom. The number of hydrogen-bond donors (Lipinski definition) is 4. The minimum Gasteiger partial charge on any atom is -0.397 e. The monoisotopic (exact) mass is 197 g/mol. The molecule has 0 saturated carbocycles. The maximum Gasteiger partial charge on any atom is 0.267 e. The van der Waals surface area contributed by atoms with E-state index >= 15 is 0 Å². The van der Waals surface area contributed by atoms with Crippen LogP contribution in [-0.4, -0.2) is 28.6 Å². The van der Waals surface area contributed by atoms with Crippen LogP contribution in [0, 0.1) is 0 Å². The van der Waals surface area contributed by atoms with Gasteiger partial charge in [-0.3, -0.25) is 4.79 Å². The van der Waals surface area contributed by atoms with Crippen molar-refractivity contribution in [2.24, 2.45) is 0 Å². The van der Waals surface area contributed by atoms with E-state index in [1.54, 1.807) is 12.3 Å². The smallest absolute Gasteiger partial charge is 0.267 e. The highest BCUT2D eigenvalue weighted by Crippen LogP contribution is 2.04. The quantitative estimate of drug-likeness (QED) is 0.551. The van der Waals surface area contributed by atoms with Crippen LogP contribution in [0.2, 0.25) is 0 Å². The molecule has 1 unspecified atom stereocenters. The fraction of sp³-hybridized carbons (Fsp3) is 0.444. The molecule has 0 fully saturated rings. The molecule has 1 aromatic heterocycles. The second-order valence-electron chi connectivity index (χ2n) is 3.23. The predicted octanol–water partition coefficient (Wildman–Crippen LogP) is 0.0976. The molecule has 5 heteroatoms. The van der Waals surface area contributed by atoms with Crippen molar-refractivity contribution in [3.63, 3.8) is 0 Å². The molecule has 1 amide bonds. The molecule has 1 rings (SSSR count). The SMILES string of the molecule is CC(CCO)NC(=O)c1cc(N)c[nH]1. The van der Waals surface area contributed by atoms with Gasteiger partial charge in [-0.15, -0.1) is 0 Å². The molecule has 1 heterocycles. The van der Waals surface area contributed by atoms with E-state index in [0.29, 0.717) is 17.8 Å². The summed E-state index contributed by atoms with van der Waals surface area (Å²) in [6, 6.07) is 1.53. The lowest BCUT2D eigenvalue weighted by Crippen LogP contribution is -2.33. The standard InChI is InChI=1S/C9H15N3O2/c1-6(2-3-13)12-9(14)8-4-7(10)5-11-8/h4-6,11,13H,2-3,10H2,1H3,(H,12,14). The largest absolute Gasteiger partial charge is 0.397 e. The van der Waals surface area contributed by atoms with Gasteiger partial charge in [0.25, 0.3) is 5.91 Å². The number of aromatic amines is 1. The fourth-order valence-electron chi connectivity index (χ4n) is 1.11. The number of nitrogen functional groups attached to an aromatic ring is 1. The number of nitrogens with one attached hydrogen (secondary N) is 2. The van der Waals surface area contributed by atoms with Gasteiger partial charge in [0, 0.05) is 24.5 Å². The third kappa shape index (κ3) is 2.77. The fourth-order valence-corrected chi connectivity index (χ4v) is 1.11. The molecule has 0 aliphatic rings. The first-order valence-electron chi connectivity index (χ1n) is 4.49. The maximum atomic E-state index is 11.5. The molecule has 5 N–H and O–H groups in total. The van der Waals surface area contributed by atoms with Crippen molar-refractivity contribution in [2.75, 3.05) is 12.3 Å². The zero-order chi connectivity index (χ0) is 10.6. The zero-order valence-corrected chi connectivity index (χ0v) is 8.08. The lowest BCUT2D eigenvalue weighted by atomic mass is 10.2. The molecule has 0 aliphatic heterocycles. The minimum atomic E-state index is -0.206. The topological polar surface area (TPSA) is 91.1 Å². The van der Waals surface area contributed by atoms with Crippen molar-refractivity contribution in [1.29, 1.82) is 0 Å². The first kappa shape index (κ1) is 10.6. The highest BCUT2D eigenvalue weighted by Gasteiger charge is 2.10. The van der Waals surface area contributed by atoms with E-state index in [4.69, 9.17) is 10.8 Å². The van der Waals surface area contributed by atoms with Crippen LogP contribution in [0.3, 0.4) is 0 Å². The van der Waals surface area contributed by atoms with Gasteiger partial charge in [-0.2, -0.15) is 0 Å². The van der Waals surface area contributed by atoms with E-state index in [9.17, 15) is 4.79 Å². The number of aliphatic hydroxyl groups excluding tert-OH is 1. The van der Waals surface area contributed by atoms with Crippen LogP contribution in [0.15, 0.2) is 12.3 Å². The van der Waals surface area contributed by atoms with Crippen molar-refractivity contribution >= 4 is 11.6 Å². The van der Waals surface area contributed by atoms with Crippen LogP contribution < -0.4 is 11.1 Å². The Kier molecular flexibility index (Phi) is 3.53. The summed E-state index contributed by atoms with van der Waals surface area (Å²) >= 11 is 0. The third-order valence-corrected chi connectivity index (χ3v) is 1.89. The van der Waals surface area contributed by atoms with Gasteiger partial charge < -0.3 is 21.1 Å². The van der Waals surface area contributed by atoms with Gasteiger partial charge in [0.1, 0.15) is 5.69 Å². The van der Waals surface area contributed by atoms with Crippen LogP contribution >= 0.6 is 0 Å². The Balaban J connectivity index is 2.50. The molecule has 5 nitrogen and oxygen atoms in total. The summed E-state index contributed by atoms with van der Waals surface area (Å²) in [7, 11) is 0. The van der Waals surface area contributed by atoms with Crippen LogP contribution in [0.25, 0.3) is 0 Å². The molecular weight excluding hydrogens is 182 g/mol. The number of aliphatic hydroxyl groups is 1. The number of nitrogens with two attached hydrogens (primary N) is 1. The number of hydrogen-bond acceptors (Lipinski definition) is 3. The Labute approximate surface area is 82.3 Å². The molecular formula is C9H15N3O2. The van der Waals surface area contributed by atoms with E-state index < -0.39 is 0 Å². The van der Waals surface area contributed by atoms with Crippen LogP contribution in [0.1, 0.15) is 23.8 Å². The lowest BCUT2D eigenvalue weighted by Gasteiger charge is -2.10. The van der Waals surface area contributed by atoms with Gasteiger partial charge in [0.2, 0.25) is 0 Å². The van der Waals surface area contributed by atoms with E-state index in [2.05, 4.69) is 10.3 Å². The lowest BCUT2D eigenvalue weighted by molar-refractivity contribution is 0.0930. The van der Waals surface area contributed by atoms with Gasteiger partial charge in [-0.25, -0.2) is 0 Å². The Morgan fingerprint density at radius 2 is 2.50 bits per heavy atom. The average molecular weight is 197 g/mol. The van der Waals surface area contributed by atoms with Crippen LogP contribution in [0.5, 0.6) is 0 Å². The zero-order valence-electron chi connectivity index (χ0n) is 8.08. The Bertz CT molecular complexity index is 309. The second-order valence-corrected chi connectivity index (χ2v) is 3.23. The molecule has 0 aromatic carbocycles. The van der Waals surface area contributed by atoms with Crippen molar-refractivity contribution in [3.05, 3.63) is 18.0 Å². The maximum absolute atomic E-state index is 11.5. The third-order valence-electron chi connectivity index (χ3n) is 1.89. The summed E-state index contributed by atoms with van der Waals surface area (Å²) in [5, 5.41) is 11.4. The van der Waals surface area contributed by atoms with E-state index in [1.165, 1.54) is 0 Å². The Morgan fingerprint density at radius 3 is 3.00 bits per heavy atom. The number of anilines is 1. The van der Waals surface area contributed by atoms with Gasteiger partial charge in [0.15, 0.2) is 0 Å². The van der Waals surface area contributed by atoms with Crippen LogP contribution in [0.4, 0.5) is 5.69 Å². The van der Waals surface area contributed by atoms with E-state index in [0.717, 1.165) is 0 Å². The number of amides is 1. The number of aromatic nitrogens is 1. The van der Waals surface area contributed by atoms with Crippen molar-refractivity contribution < 1.29 is 9.90 Å². The molecule has 0 bridgehead atoms. The first-order valence-corrected chi connectivity index (χ1v) is 4.49. The van der Waals surface area contributed by atoms with Crippen LogP contribution in [-0.2, 0) is 0 Å². The second kappa shape index (κ2) is 4.66. The van der Waals surface area contributed by atoms with E-state index in [-0.39, 0.29) is 18.6 Å². The van der Waals surface area contributed by atoms with E-state index in [1.807, 2.05) is 6.92 Å². The summed E-state index contributed by atoms with van der Waals surface area (Å²) in [4.78, 5) is 14.2. The summed E-state index contributed by atoms with van der Waals surface area (Å²) < 4.78 is 0. The molecule has 1 aromatic rings. The van der Waals surface area contributed by atoms with Crippen molar-refractivity contribution in [1.82, 2.24) is 10.3 Å². The summed E-state index contributed by atoms with van der Waals surface area (Å²) in [6.07, 6.45) is 2.10. The number of rotatable bonds is 4. The van der Waals surface area contributed by atoms with Gasteiger partial charge >= 0.3 is 0 Å². The first-order chi connectivity index (χ1) is 6.63. The molecule has 0 aliphatic carbocycles. The Hall–Kier alpha value is -1.49. The predicted molar refractivity (Wildman–Crippen MR) is 53.8 cm³/mol. The number of carbonyl (C=O) groups excluding carboxylic acids is 1. The normalized spacial score (nSPS) is 12.4. The molecule has 1 atom stereocenters. The van der Waals surface area contributed by atoms with Gasteiger partial charge in [-0.1, -0.05) is 0 Å². The summed E-state index contributed by atoms with van der Waals surface area (Å²) in [5.41, 5.74) is 6.42. The molecule has 14 heavy (non-hydrogen) atoms. The van der Waals surface area contributed by atoms with Gasteiger partial charge in [0.05, 0.1) is 0 Å². The highest BCUT2D eigenvalue weighted by molar-refractivity contribution is 5.93. The number of carbonyl (C=O) groups is 1. The van der Waals surface area contributed by atoms with Gasteiger partial charge in [-0.05, 0) is 19.4 Å².